The molecular formula is C16H25NO. The number of benzene rings is 1. The smallest absolute Gasteiger partial charge is 0.0566 e. The highest BCUT2D eigenvalue weighted by atomic mass is 16.5. The van der Waals surface area contributed by atoms with Crippen LogP contribution in [0.5, 0.6) is 0 Å². The van der Waals surface area contributed by atoms with Gasteiger partial charge in [0, 0.05) is 18.3 Å². The number of nitrogens with one attached hydrogen (secondary N) is 1. The van der Waals surface area contributed by atoms with Crippen LogP contribution < -0.4 is 5.32 Å². The third kappa shape index (κ3) is 3.49. The zero-order valence-electron chi connectivity index (χ0n) is 12.0. The molecular weight excluding hydrogens is 222 g/mol. The van der Waals surface area contributed by atoms with Crippen molar-refractivity contribution in [2.45, 2.75) is 58.1 Å². The molecule has 0 bridgehead atoms. The van der Waals surface area contributed by atoms with Gasteiger partial charge >= 0.3 is 0 Å². The molecule has 0 aromatic heterocycles. The maximum Gasteiger partial charge on any atom is 0.0566 e. The van der Waals surface area contributed by atoms with E-state index in [0.29, 0.717) is 12.1 Å². The molecule has 1 N–H and O–H groups in total. The standard InChI is InChI=1S/C16H25NO/c1-12-11-15(9-10-18-12)17-14-7-5-13(6-8-14)16(2,3)4/h5-8,12,15,17H,9-11H2,1-4H3. The third-order valence-electron chi connectivity index (χ3n) is 3.61. The second-order valence-corrected chi connectivity index (χ2v) is 6.37. The van der Waals surface area contributed by atoms with Gasteiger partial charge in [0.25, 0.3) is 0 Å². The van der Waals surface area contributed by atoms with E-state index in [4.69, 9.17) is 4.74 Å². The molecule has 0 spiro atoms. The molecule has 2 rings (SSSR count). The molecule has 1 fully saturated rings. The first-order valence-corrected chi connectivity index (χ1v) is 6.94. The summed E-state index contributed by atoms with van der Waals surface area (Å²) in [6.45, 7) is 9.76. The fourth-order valence-corrected chi connectivity index (χ4v) is 2.43. The molecule has 0 radical (unpaired) electrons. The summed E-state index contributed by atoms with van der Waals surface area (Å²) >= 11 is 0. The second kappa shape index (κ2) is 5.31. The highest BCUT2D eigenvalue weighted by Gasteiger charge is 2.19. The molecule has 2 atom stereocenters. The van der Waals surface area contributed by atoms with Crippen molar-refractivity contribution in [3.8, 4) is 0 Å². The quantitative estimate of drug-likeness (QED) is 0.854. The van der Waals surface area contributed by atoms with Crippen molar-refractivity contribution >= 4 is 5.69 Å². The van der Waals surface area contributed by atoms with E-state index in [9.17, 15) is 0 Å². The lowest BCUT2D eigenvalue weighted by Gasteiger charge is -2.29. The van der Waals surface area contributed by atoms with Crippen molar-refractivity contribution in [2.75, 3.05) is 11.9 Å². The van der Waals surface area contributed by atoms with Crippen molar-refractivity contribution in [1.29, 1.82) is 0 Å². The summed E-state index contributed by atoms with van der Waals surface area (Å²) < 4.78 is 5.57. The minimum atomic E-state index is 0.228. The summed E-state index contributed by atoms with van der Waals surface area (Å²) in [6.07, 6.45) is 2.58. The number of rotatable bonds is 2. The fourth-order valence-electron chi connectivity index (χ4n) is 2.43. The Morgan fingerprint density at radius 1 is 1.17 bits per heavy atom. The van der Waals surface area contributed by atoms with Crippen LogP contribution in [-0.4, -0.2) is 18.8 Å². The van der Waals surface area contributed by atoms with Crippen LogP contribution in [0, 0.1) is 0 Å². The normalized spacial score (nSPS) is 24.9. The van der Waals surface area contributed by atoms with Crippen molar-refractivity contribution < 1.29 is 4.74 Å². The van der Waals surface area contributed by atoms with Crippen molar-refractivity contribution in [3.63, 3.8) is 0 Å². The highest BCUT2D eigenvalue weighted by molar-refractivity contribution is 5.46. The van der Waals surface area contributed by atoms with E-state index in [0.717, 1.165) is 19.4 Å². The Morgan fingerprint density at radius 3 is 2.39 bits per heavy atom. The largest absolute Gasteiger partial charge is 0.382 e. The summed E-state index contributed by atoms with van der Waals surface area (Å²) in [5.41, 5.74) is 2.83. The molecule has 1 aliphatic rings. The molecule has 1 aliphatic heterocycles. The van der Waals surface area contributed by atoms with Gasteiger partial charge in [-0.25, -0.2) is 0 Å². The molecule has 2 unspecified atom stereocenters. The Hall–Kier alpha value is -1.02. The van der Waals surface area contributed by atoms with Gasteiger partial charge in [-0.3, -0.25) is 0 Å². The number of hydrogen-bond acceptors (Lipinski definition) is 2. The van der Waals surface area contributed by atoms with Crippen molar-refractivity contribution in [2.24, 2.45) is 0 Å². The maximum absolute atomic E-state index is 5.57. The van der Waals surface area contributed by atoms with Gasteiger partial charge in [-0.15, -0.1) is 0 Å². The van der Waals surface area contributed by atoms with E-state index < -0.39 is 0 Å². The minimum absolute atomic E-state index is 0.228. The van der Waals surface area contributed by atoms with E-state index in [1.54, 1.807) is 0 Å². The molecule has 1 saturated heterocycles. The summed E-state index contributed by atoms with van der Waals surface area (Å²) in [7, 11) is 0. The first kappa shape index (κ1) is 13.4. The highest BCUT2D eigenvalue weighted by Crippen LogP contribution is 2.24. The van der Waals surface area contributed by atoms with Crippen molar-refractivity contribution in [3.05, 3.63) is 29.8 Å². The average Bonchev–Trinajstić information content (AvgIpc) is 2.28. The number of ether oxygens (including phenoxy) is 1. The van der Waals surface area contributed by atoms with Gasteiger partial charge in [-0.2, -0.15) is 0 Å². The van der Waals surface area contributed by atoms with E-state index in [1.165, 1.54) is 11.3 Å². The monoisotopic (exact) mass is 247 g/mol. The first-order chi connectivity index (χ1) is 8.45. The molecule has 1 heterocycles. The third-order valence-corrected chi connectivity index (χ3v) is 3.61. The Labute approximate surface area is 111 Å². The summed E-state index contributed by atoms with van der Waals surface area (Å²) in [4.78, 5) is 0. The van der Waals surface area contributed by atoms with Crippen LogP contribution in [-0.2, 0) is 10.2 Å². The first-order valence-electron chi connectivity index (χ1n) is 6.94. The molecule has 0 aliphatic carbocycles. The average molecular weight is 247 g/mol. The van der Waals surface area contributed by atoms with Crippen LogP contribution in [0.2, 0.25) is 0 Å². The van der Waals surface area contributed by atoms with E-state index in [1.807, 2.05) is 0 Å². The molecule has 2 heteroatoms. The Bertz CT molecular complexity index is 377. The van der Waals surface area contributed by atoms with Gasteiger partial charge in [-0.05, 0) is 42.9 Å². The minimum Gasteiger partial charge on any atom is -0.382 e. The van der Waals surface area contributed by atoms with E-state index in [2.05, 4.69) is 57.3 Å². The van der Waals surface area contributed by atoms with Crippen LogP contribution in [0.15, 0.2) is 24.3 Å². The molecule has 100 valence electrons. The molecule has 18 heavy (non-hydrogen) atoms. The van der Waals surface area contributed by atoms with Gasteiger partial charge in [0.2, 0.25) is 0 Å². The number of anilines is 1. The zero-order chi connectivity index (χ0) is 13.2. The Kier molecular flexibility index (Phi) is 3.96. The Balaban J connectivity index is 1.98. The second-order valence-electron chi connectivity index (χ2n) is 6.37. The number of hydrogen-bond donors (Lipinski definition) is 1. The maximum atomic E-state index is 5.57. The molecule has 1 aromatic carbocycles. The SMILES string of the molecule is CC1CC(Nc2ccc(C(C)(C)C)cc2)CCO1. The topological polar surface area (TPSA) is 21.3 Å². The van der Waals surface area contributed by atoms with Crippen LogP contribution in [0.25, 0.3) is 0 Å². The van der Waals surface area contributed by atoms with Gasteiger partial charge in [0.1, 0.15) is 0 Å². The van der Waals surface area contributed by atoms with Crippen molar-refractivity contribution in [1.82, 2.24) is 0 Å². The van der Waals surface area contributed by atoms with E-state index >= 15 is 0 Å². The summed E-state index contributed by atoms with van der Waals surface area (Å²) in [6, 6.07) is 9.40. The van der Waals surface area contributed by atoms with Crippen LogP contribution in [0.3, 0.4) is 0 Å². The zero-order valence-corrected chi connectivity index (χ0v) is 12.0. The predicted molar refractivity (Wildman–Crippen MR) is 77.2 cm³/mol. The van der Waals surface area contributed by atoms with Gasteiger partial charge in [-0.1, -0.05) is 32.9 Å². The molecule has 2 nitrogen and oxygen atoms in total. The van der Waals surface area contributed by atoms with Gasteiger partial charge < -0.3 is 10.1 Å². The lowest BCUT2D eigenvalue weighted by Crippen LogP contribution is -2.32. The predicted octanol–water partition coefficient (Wildman–Crippen LogP) is 3.96. The van der Waals surface area contributed by atoms with Crippen LogP contribution >= 0.6 is 0 Å². The van der Waals surface area contributed by atoms with Gasteiger partial charge in [0.05, 0.1) is 6.10 Å². The molecule has 0 saturated carbocycles. The van der Waals surface area contributed by atoms with Crippen LogP contribution in [0.1, 0.15) is 46.1 Å². The van der Waals surface area contributed by atoms with Gasteiger partial charge in [0.15, 0.2) is 0 Å². The summed E-state index contributed by atoms with van der Waals surface area (Å²) in [5, 5.41) is 3.61. The molecule has 0 amide bonds. The van der Waals surface area contributed by atoms with E-state index in [-0.39, 0.29) is 5.41 Å². The fraction of sp³-hybridized carbons (Fsp3) is 0.625. The lowest BCUT2D eigenvalue weighted by atomic mass is 9.87. The Morgan fingerprint density at radius 2 is 1.83 bits per heavy atom. The van der Waals surface area contributed by atoms with Crippen LogP contribution in [0.4, 0.5) is 5.69 Å². The summed E-state index contributed by atoms with van der Waals surface area (Å²) in [5.74, 6) is 0. The lowest BCUT2D eigenvalue weighted by molar-refractivity contribution is 0.0232. The molecule has 1 aromatic rings.